The first-order chi connectivity index (χ1) is 13.9. The maximum atomic E-state index is 12.0. The van der Waals surface area contributed by atoms with Crippen molar-refractivity contribution in [1.29, 1.82) is 0 Å². The predicted octanol–water partition coefficient (Wildman–Crippen LogP) is 3.99. The van der Waals surface area contributed by atoms with E-state index in [1.165, 1.54) is 30.4 Å². The number of carbonyl (C=O) groups is 2. The largest absolute Gasteiger partial charge is 0.452 e. The Morgan fingerprint density at radius 1 is 1.21 bits per heavy atom. The first-order valence-electron chi connectivity index (χ1n) is 8.36. The van der Waals surface area contributed by atoms with E-state index in [2.05, 4.69) is 10.3 Å². The Balaban J connectivity index is 1.61. The molecular formula is C20H14ClN3O5. The normalized spacial score (nSPS) is 10.8. The molecule has 1 heterocycles. The molecule has 0 aliphatic heterocycles. The van der Waals surface area contributed by atoms with E-state index in [1.807, 2.05) is 24.3 Å². The molecule has 0 aliphatic rings. The molecule has 1 amide bonds. The summed E-state index contributed by atoms with van der Waals surface area (Å²) in [6, 6.07) is 13.0. The lowest BCUT2D eigenvalue weighted by Crippen LogP contribution is -2.20. The second-order valence-corrected chi connectivity index (χ2v) is 6.27. The van der Waals surface area contributed by atoms with Crippen LogP contribution in [-0.4, -0.2) is 28.4 Å². The van der Waals surface area contributed by atoms with Gasteiger partial charge in [0.15, 0.2) is 6.61 Å². The second kappa shape index (κ2) is 8.94. The summed E-state index contributed by atoms with van der Waals surface area (Å²) in [4.78, 5) is 38.5. The fourth-order valence-corrected chi connectivity index (χ4v) is 2.73. The molecule has 9 heteroatoms. The van der Waals surface area contributed by atoms with Crippen molar-refractivity contribution < 1.29 is 19.2 Å². The molecule has 0 spiro atoms. The van der Waals surface area contributed by atoms with Crippen LogP contribution in [0.1, 0.15) is 5.56 Å². The number of halogens is 1. The second-order valence-electron chi connectivity index (χ2n) is 5.83. The van der Waals surface area contributed by atoms with Gasteiger partial charge in [0.2, 0.25) is 0 Å². The molecule has 3 rings (SSSR count). The van der Waals surface area contributed by atoms with Gasteiger partial charge >= 0.3 is 5.97 Å². The van der Waals surface area contributed by atoms with Gasteiger partial charge in [0.1, 0.15) is 5.69 Å². The van der Waals surface area contributed by atoms with E-state index in [4.69, 9.17) is 16.3 Å². The van der Waals surface area contributed by atoms with Gasteiger partial charge in [-0.1, -0.05) is 35.9 Å². The van der Waals surface area contributed by atoms with Crippen molar-refractivity contribution in [2.24, 2.45) is 0 Å². The number of anilines is 1. The zero-order valence-electron chi connectivity index (χ0n) is 14.9. The molecule has 0 saturated carbocycles. The topological polar surface area (TPSA) is 111 Å². The molecule has 1 N–H and O–H groups in total. The van der Waals surface area contributed by atoms with Gasteiger partial charge in [-0.2, -0.15) is 0 Å². The zero-order valence-corrected chi connectivity index (χ0v) is 15.6. The van der Waals surface area contributed by atoms with Crippen LogP contribution in [0.2, 0.25) is 5.02 Å². The molecule has 0 unspecified atom stereocenters. The minimum Gasteiger partial charge on any atom is -0.452 e. The number of benzene rings is 2. The lowest BCUT2D eigenvalue weighted by molar-refractivity contribution is -0.383. The molecule has 0 aliphatic carbocycles. The van der Waals surface area contributed by atoms with Crippen molar-refractivity contribution in [3.8, 4) is 0 Å². The molecule has 0 bridgehead atoms. The Morgan fingerprint density at radius 3 is 2.79 bits per heavy atom. The van der Waals surface area contributed by atoms with Gasteiger partial charge in [0.25, 0.3) is 11.6 Å². The van der Waals surface area contributed by atoms with Crippen LogP contribution in [-0.2, 0) is 14.3 Å². The highest BCUT2D eigenvalue weighted by Crippen LogP contribution is 2.27. The molecule has 1 aromatic heterocycles. The quantitative estimate of drug-likeness (QED) is 0.284. The third kappa shape index (κ3) is 5.14. The van der Waals surface area contributed by atoms with Gasteiger partial charge in [0.05, 0.1) is 10.4 Å². The lowest BCUT2D eigenvalue weighted by atomic mass is 10.1. The molecule has 8 nitrogen and oxygen atoms in total. The van der Waals surface area contributed by atoms with Crippen LogP contribution >= 0.6 is 11.6 Å². The van der Waals surface area contributed by atoms with Crippen molar-refractivity contribution in [2.45, 2.75) is 0 Å². The van der Waals surface area contributed by atoms with Crippen LogP contribution in [0, 0.1) is 10.1 Å². The number of aromatic nitrogens is 1. The van der Waals surface area contributed by atoms with Crippen LogP contribution in [0.25, 0.3) is 17.0 Å². The van der Waals surface area contributed by atoms with Crippen LogP contribution in [0.4, 0.5) is 11.4 Å². The third-order valence-corrected chi connectivity index (χ3v) is 4.07. The maximum absolute atomic E-state index is 12.0. The number of nitro groups is 1. The summed E-state index contributed by atoms with van der Waals surface area (Å²) in [5.74, 6) is -1.47. The van der Waals surface area contributed by atoms with Crippen molar-refractivity contribution in [3.63, 3.8) is 0 Å². The van der Waals surface area contributed by atoms with Gasteiger partial charge < -0.3 is 10.1 Å². The Labute approximate surface area is 169 Å². The van der Waals surface area contributed by atoms with Crippen molar-refractivity contribution >= 4 is 51.8 Å². The van der Waals surface area contributed by atoms with Crippen LogP contribution in [0.5, 0.6) is 0 Å². The number of nitrogens with zero attached hydrogens (tertiary/aromatic N) is 2. The average Bonchev–Trinajstić information content (AvgIpc) is 2.70. The Kier molecular flexibility index (Phi) is 6.16. The third-order valence-electron chi connectivity index (χ3n) is 3.84. The number of amides is 1. The molecule has 3 aromatic rings. The number of esters is 1. The van der Waals surface area contributed by atoms with E-state index in [0.717, 1.165) is 16.5 Å². The summed E-state index contributed by atoms with van der Waals surface area (Å²) in [5, 5.41) is 14.5. The Hall–Kier alpha value is -3.78. The number of rotatable bonds is 6. The summed E-state index contributed by atoms with van der Waals surface area (Å²) >= 11 is 5.80. The number of carbonyl (C=O) groups excluding carboxylic acids is 2. The standard InChI is InChI=1S/C20H14ClN3O5/c21-15-7-8-17(24(27)28)16(11-15)23-18(25)12-29-19(26)9-6-14-4-1-3-13-5-2-10-22-20(13)14/h1-11H,12H2,(H,23,25)/b9-6+. The summed E-state index contributed by atoms with van der Waals surface area (Å²) in [7, 11) is 0. The number of pyridine rings is 1. The molecule has 146 valence electrons. The lowest BCUT2D eigenvalue weighted by Gasteiger charge is -2.06. The predicted molar refractivity (Wildman–Crippen MR) is 108 cm³/mol. The fraction of sp³-hybridized carbons (Fsp3) is 0.0500. The highest BCUT2D eigenvalue weighted by atomic mass is 35.5. The first-order valence-corrected chi connectivity index (χ1v) is 8.74. The van der Waals surface area contributed by atoms with Gasteiger partial charge in [-0.25, -0.2) is 4.79 Å². The Bertz CT molecular complexity index is 1120. The van der Waals surface area contributed by atoms with Crippen molar-refractivity contribution in [2.75, 3.05) is 11.9 Å². The maximum Gasteiger partial charge on any atom is 0.331 e. The highest BCUT2D eigenvalue weighted by Gasteiger charge is 2.16. The summed E-state index contributed by atoms with van der Waals surface area (Å²) < 4.78 is 4.88. The van der Waals surface area contributed by atoms with E-state index in [0.29, 0.717) is 0 Å². The summed E-state index contributed by atoms with van der Waals surface area (Å²) in [5.41, 5.74) is 1.04. The van der Waals surface area contributed by atoms with E-state index in [9.17, 15) is 19.7 Å². The number of hydrogen-bond donors (Lipinski definition) is 1. The molecular weight excluding hydrogens is 398 g/mol. The number of hydrogen-bond acceptors (Lipinski definition) is 6. The smallest absolute Gasteiger partial charge is 0.331 e. The van der Waals surface area contributed by atoms with E-state index >= 15 is 0 Å². The fourth-order valence-electron chi connectivity index (χ4n) is 2.56. The molecule has 0 fully saturated rings. The van der Waals surface area contributed by atoms with Gasteiger partial charge in [0, 0.05) is 34.3 Å². The van der Waals surface area contributed by atoms with Crippen molar-refractivity contribution in [1.82, 2.24) is 4.98 Å². The zero-order chi connectivity index (χ0) is 20.8. The van der Waals surface area contributed by atoms with E-state index < -0.39 is 23.4 Å². The molecule has 2 aromatic carbocycles. The van der Waals surface area contributed by atoms with E-state index in [1.54, 1.807) is 12.3 Å². The van der Waals surface area contributed by atoms with Gasteiger partial charge in [-0.05, 0) is 24.3 Å². The summed E-state index contributed by atoms with van der Waals surface area (Å²) in [6.07, 6.45) is 4.37. The van der Waals surface area contributed by atoms with Gasteiger partial charge in [-0.3, -0.25) is 19.9 Å². The van der Waals surface area contributed by atoms with Crippen LogP contribution in [0.3, 0.4) is 0 Å². The minimum absolute atomic E-state index is 0.0825. The van der Waals surface area contributed by atoms with Crippen LogP contribution < -0.4 is 5.32 Å². The number of nitro benzene ring substituents is 1. The molecule has 0 saturated heterocycles. The minimum atomic E-state index is -0.742. The molecule has 0 atom stereocenters. The van der Waals surface area contributed by atoms with Gasteiger partial charge in [-0.15, -0.1) is 0 Å². The number of ether oxygens (including phenoxy) is 1. The van der Waals surface area contributed by atoms with Crippen LogP contribution in [0.15, 0.2) is 60.8 Å². The van der Waals surface area contributed by atoms with E-state index in [-0.39, 0.29) is 16.4 Å². The molecule has 29 heavy (non-hydrogen) atoms. The van der Waals surface area contributed by atoms with Crippen molar-refractivity contribution in [3.05, 3.63) is 81.5 Å². The first kappa shape index (κ1) is 20.0. The number of nitrogens with one attached hydrogen (secondary N) is 1. The monoisotopic (exact) mass is 411 g/mol. The number of para-hydroxylation sites is 1. The number of fused-ring (bicyclic) bond motifs is 1. The Morgan fingerprint density at radius 2 is 2.00 bits per heavy atom. The SMILES string of the molecule is O=C(COC(=O)/C=C/c1cccc2cccnc12)Nc1cc(Cl)ccc1[N+](=O)[O-]. The average molecular weight is 412 g/mol. The summed E-state index contributed by atoms with van der Waals surface area (Å²) in [6.45, 7) is -0.610. The molecule has 0 radical (unpaired) electrons. The highest BCUT2D eigenvalue weighted by molar-refractivity contribution is 6.31.